The van der Waals surface area contributed by atoms with E-state index in [1.54, 1.807) is 18.6 Å². The molecule has 7 nitrogen and oxygen atoms in total. The zero-order valence-electron chi connectivity index (χ0n) is 10.4. The molecule has 7 heteroatoms. The van der Waals surface area contributed by atoms with E-state index in [0.717, 1.165) is 11.4 Å². The van der Waals surface area contributed by atoms with Gasteiger partial charge >= 0.3 is 0 Å². The minimum absolute atomic E-state index is 0.0851. The minimum Gasteiger partial charge on any atom is -0.374 e. The molecule has 0 aliphatic heterocycles. The Morgan fingerprint density at radius 3 is 2.94 bits per heavy atom. The van der Waals surface area contributed by atoms with Gasteiger partial charge in [0.25, 0.3) is 0 Å². The molecule has 2 heterocycles. The van der Waals surface area contributed by atoms with Crippen molar-refractivity contribution < 1.29 is 4.79 Å². The van der Waals surface area contributed by atoms with Gasteiger partial charge in [-0.15, -0.1) is 0 Å². The van der Waals surface area contributed by atoms with Crippen LogP contribution in [0.4, 0.5) is 5.69 Å². The predicted molar refractivity (Wildman–Crippen MR) is 66.7 cm³/mol. The van der Waals surface area contributed by atoms with Crippen LogP contribution in [-0.2, 0) is 18.4 Å². The fourth-order valence-corrected chi connectivity index (χ4v) is 1.82. The second-order valence-electron chi connectivity index (χ2n) is 4.14. The van der Waals surface area contributed by atoms with Crippen LogP contribution >= 0.6 is 0 Å². The maximum atomic E-state index is 10.8. The topological polar surface area (TPSA) is 90.8 Å². The highest BCUT2D eigenvalue weighted by Crippen LogP contribution is 2.17. The molecule has 1 amide bonds. The zero-order chi connectivity index (χ0) is 13.1. The Morgan fingerprint density at radius 2 is 2.33 bits per heavy atom. The number of nitrogens with zero attached hydrogens (tertiary/aromatic N) is 4. The first-order chi connectivity index (χ1) is 8.56. The summed E-state index contributed by atoms with van der Waals surface area (Å²) in [5.74, 6) is -0.413. The van der Waals surface area contributed by atoms with Crippen molar-refractivity contribution >= 4 is 11.6 Å². The van der Waals surface area contributed by atoms with Gasteiger partial charge in [-0.2, -0.15) is 10.2 Å². The number of carbonyl (C=O) groups excluding carboxylic acids is 1. The van der Waals surface area contributed by atoms with E-state index in [1.807, 2.05) is 24.7 Å². The molecule has 0 saturated heterocycles. The number of hydrogen-bond donors (Lipinski definition) is 2. The molecule has 0 fully saturated rings. The second kappa shape index (κ2) is 4.91. The Morgan fingerprint density at radius 1 is 1.56 bits per heavy atom. The lowest BCUT2D eigenvalue weighted by Gasteiger charge is -2.13. The van der Waals surface area contributed by atoms with Crippen LogP contribution in [0.1, 0.15) is 18.7 Å². The molecule has 0 aromatic carbocycles. The first-order valence-electron chi connectivity index (χ1n) is 5.61. The Bertz CT molecular complexity index is 543. The van der Waals surface area contributed by atoms with Crippen molar-refractivity contribution in [3.63, 3.8) is 0 Å². The average Bonchev–Trinajstić information content (AvgIpc) is 2.87. The van der Waals surface area contributed by atoms with Gasteiger partial charge < -0.3 is 11.1 Å². The number of nitrogens with one attached hydrogen (secondary N) is 1. The molecule has 2 aromatic heterocycles. The van der Waals surface area contributed by atoms with Crippen LogP contribution in [0.5, 0.6) is 0 Å². The monoisotopic (exact) mass is 248 g/mol. The van der Waals surface area contributed by atoms with E-state index < -0.39 is 5.91 Å². The first kappa shape index (κ1) is 12.2. The number of aromatic nitrogens is 4. The number of carbonyl (C=O) groups is 1. The number of amides is 1. The summed E-state index contributed by atoms with van der Waals surface area (Å²) < 4.78 is 3.31. The third-order valence-corrected chi connectivity index (χ3v) is 2.64. The molecule has 1 unspecified atom stereocenters. The van der Waals surface area contributed by atoms with Crippen molar-refractivity contribution in [3.05, 3.63) is 30.4 Å². The van der Waals surface area contributed by atoms with Crippen molar-refractivity contribution in [1.82, 2.24) is 19.6 Å². The van der Waals surface area contributed by atoms with E-state index in [-0.39, 0.29) is 12.6 Å². The number of hydrogen-bond acceptors (Lipinski definition) is 4. The van der Waals surface area contributed by atoms with Gasteiger partial charge in [-0.3, -0.25) is 14.2 Å². The molecule has 0 spiro atoms. The lowest BCUT2D eigenvalue weighted by molar-refractivity contribution is -0.118. The highest BCUT2D eigenvalue weighted by molar-refractivity contribution is 5.73. The number of aryl methyl sites for hydroxylation is 1. The molecule has 0 aliphatic rings. The van der Waals surface area contributed by atoms with Gasteiger partial charge in [0.2, 0.25) is 5.91 Å². The molecule has 1 atom stereocenters. The van der Waals surface area contributed by atoms with Gasteiger partial charge in [0.1, 0.15) is 6.54 Å². The summed E-state index contributed by atoms with van der Waals surface area (Å²) in [6, 6.07) is 2.05. The SMILES string of the molecule is CC(Nc1cnn(CC(N)=O)c1)c1ccnn1C. The van der Waals surface area contributed by atoms with Crippen molar-refractivity contribution in [3.8, 4) is 0 Å². The Balaban J connectivity index is 2.03. The number of rotatable bonds is 5. The standard InChI is InChI=1S/C11H16N6O/c1-8(10-3-4-13-16(10)2)15-9-5-14-17(6-9)7-11(12)18/h3-6,8,15H,7H2,1-2H3,(H2,12,18). The van der Waals surface area contributed by atoms with Crippen LogP contribution in [-0.4, -0.2) is 25.5 Å². The van der Waals surface area contributed by atoms with Gasteiger partial charge in [-0.05, 0) is 13.0 Å². The van der Waals surface area contributed by atoms with Crippen molar-refractivity contribution in [1.29, 1.82) is 0 Å². The molecule has 0 aliphatic carbocycles. The molecule has 0 saturated carbocycles. The van der Waals surface area contributed by atoms with Crippen LogP contribution < -0.4 is 11.1 Å². The van der Waals surface area contributed by atoms with E-state index in [0.29, 0.717) is 0 Å². The normalized spacial score (nSPS) is 12.3. The van der Waals surface area contributed by atoms with E-state index in [9.17, 15) is 4.79 Å². The summed E-state index contributed by atoms with van der Waals surface area (Å²) in [6.07, 6.45) is 5.16. The maximum absolute atomic E-state index is 10.8. The molecule has 3 N–H and O–H groups in total. The van der Waals surface area contributed by atoms with Crippen LogP contribution in [0.2, 0.25) is 0 Å². The molecule has 18 heavy (non-hydrogen) atoms. The van der Waals surface area contributed by atoms with Gasteiger partial charge in [-0.1, -0.05) is 0 Å². The smallest absolute Gasteiger partial charge is 0.239 e. The third kappa shape index (κ3) is 2.68. The summed E-state index contributed by atoms with van der Waals surface area (Å²) in [7, 11) is 1.89. The first-order valence-corrected chi connectivity index (χ1v) is 5.61. The third-order valence-electron chi connectivity index (χ3n) is 2.64. The largest absolute Gasteiger partial charge is 0.374 e. The summed E-state index contributed by atoms with van der Waals surface area (Å²) in [6.45, 7) is 2.12. The molecular weight excluding hydrogens is 232 g/mol. The average molecular weight is 248 g/mol. The molecule has 0 bridgehead atoms. The molecular formula is C11H16N6O. The van der Waals surface area contributed by atoms with Crippen LogP contribution in [0, 0.1) is 0 Å². The van der Waals surface area contributed by atoms with Crippen LogP contribution in [0.3, 0.4) is 0 Å². The predicted octanol–water partition coefficient (Wildman–Crippen LogP) is 0.275. The number of primary amides is 1. The summed E-state index contributed by atoms with van der Waals surface area (Å²) in [4.78, 5) is 10.8. The fourth-order valence-electron chi connectivity index (χ4n) is 1.82. The summed E-state index contributed by atoms with van der Waals surface area (Å²) >= 11 is 0. The summed E-state index contributed by atoms with van der Waals surface area (Å²) in [5, 5.41) is 11.4. The molecule has 0 radical (unpaired) electrons. The highest BCUT2D eigenvalue weighted by Gasteiger charge is 2.10. The number of anilines is 1. The maximum Gasteiger partial charge on any atom is 0.239 e. The summed E-state index contributed by atoms with van der Waals surface area (Å²) in [5.41, 5.74) is 7.01. The highest BCUT2D eigenvalue weighted by atomic mass is 16.1. The molecule has 96 valence electrons. The lowest BCUT2D eigenvalue weighted by atomic mass is 10.2. The van der Waals surface area contributed by atoms with Gasteiger partial charge in [0.15, 0.2) is 0 Å². The Kier molecular flexibility index (Phi) is 3.31. The van der Waals surface area contributed by atoms with Gasteiger partial charge in [0, 0.05) is 19.4 Å². The van der Waals surface area contributed by atoms with Gasteiger partial charge in [0.05, 0.1) is 23.6 Å². The van der Waals surface area contributed by atoms with Gasteiger partial charge in [-0.25, -0.2) is 0 Å². The Labute approximate surface area is 105 Å². The van der Waals surface area contributed by atoms with Crippen molar-refractivity contribution in [2.45, 2.75) is 19.5 Å². The zero-order valence-corrected chi connectivity index (χ0v) is 10.4. The van der Waals surface area contributed by atoms with Crippen molar-refractivity contribution in [2.75, 3.05) is 5.32 Å². The van der Waals surface area contributed by atoms with E-state index in [2.05, 4.69) is 15.5 Å². The van der Waals surface area contributed by atoms with E-state index in [4.69, 9.17) is 5.73 Å². The van der Waals surface area contributed by atoms with E-state index >= 15 is 0 Å². The van der Waals surface area contributed by atoms with Crippen LogP contribution in [0.15, 0.2) is 24.7 Å². The Hall–Kier alpha value is -2.31. The van der Waals surface area contributed by atoms with Crippen molar-refractivity contribution in [2.24, 2.45) is 12.8 Å². The fraction of sp³-hybridized carbons (Fsp3) is 0.364. The lowest BCUT2D eigenvalue weighted by Crippen LogP contribution is -2.18. The minimum atomic E-state index is -0.413. The van der Waals surface area contributed by atoms with E-state index in [1.165, 1.54) is 4.68 Å². The molecule has 2 aromatic rings. The molecule has 2 rings (SSSR count). The second-order valence-corrected chi connectivity index (χ2v) is 4.14. The number of nitrogens with two attached hydrogens (primary N) is 1. The quantitative estimate of drug-likeness (QED) is 0.795. The van der Waals surface area contributed by atoms with Crippen LogP contribution in [0.25, 0.3) is 0 Å².